The number of hydrogen-bond acceptors (Lipinski definition) is 6. The first-order chi connectivity index (χ1) is 15.6. The van der Waals surface area contributed by atoms with E-state index in [1.165, 1.54) is 14.2 Å². The average Bonchev–Trinajstić information content (AvgIpc) is 3.08. The van der Waals surface area contributed by atoms with Crippen LogP contribution in [0.5, 0.6) is 0 Å². The summed E-state index contributed by atoms with van der Waals surface area (Å²) in [5.41, 5.74) is 0.919. The monoisotopic (exact) mass is 479 g/mol. The van der Waals surface area contributed by atoms with Crippen molar-refractivity contribution in [2.45, 2.75) is 73.5 Å². The second kappa shape index (κ2) is 13.6. The molecule has 34 heavy (non-hydrogen) atoms. The third kappa shape index (κ3) is 11.2. The largest absolute Gasteiger partial charge is 0.444 e. The molecular weight excluding hydrogens is 438 g/mol. The van der Waals surface area contributed by atoms with Gasteiger partial charge in [0.05, 0.1) is 12.6 Å². The lowest BCUT2D eigenvalue weighted by Crippen LogP contribution is -2.40. The molecule has 0 saturated carbocycles. The van der Waals surface area contributed by atoms with Crippen LogP contribution in [-0.4, -0.2) is 59.6 Å². The van der Waals surface area contributed by atoms with Gasteiger partial charge in [-0.15, -0.1) is 0 Å². The number of carbonyl (C=O) groups is 3. The highest BCUT2D eigenvalue weighted by Gasteiger charge is 2.20. The summed E-state index contributed by atoms with van der Waals surface area (Å²) in [6, 6.07) is 7.81. The molecule has 0 bridgehead atoms. The van der Waals surface area contributed by atoms with E-state index in [9.17, 15) is 14.4 Å². The fourth-order valence-electron chi connectivity index (χ4n) is 2.49. The predicted molar refractivity (Wildman–Crippen MR) is 134 cm³/mol. The molecule has 0 aliphatic heterocycles. The highest BCUT2D eigenvalue weighted by molar-refractivity contribution is 5.91. The van der Waals surface area contributed by atoms with Crippen molar-refractivity contribution in [1.82, 2.24) is 14.9 Å². The Morgan fingerprint density at radius 2 is 1.50 bits per heavy atom. The molecule has 0 unspecified atom stereocenters. The minimum absolute atomic E-state index is 0.154. The number of benzene rings is 1. The van der Waals surface area contributed by atoms with Crippen LogP contribution >= 0.6 is 0 Å². The van der Waals surface area contributed by atoms with Crippen molar-refractivity contribution < 1.29 is 28.7 Å². The fourth-order valence-corrected chi connectivity index (χ4v) is 2.49. The predicted octanol–water partition coefficient (Wildman–Crippen LogP) is 5.29. The van der Waals surface area contributed by atoms with Crippen molar-refractivity contribution >= 4 is 29.0 Å². The van der Waals surface area contributed by atoms with Gasteiger partial charge in [0, 0.05) is 18.6 Å². The van der Waals surface area contributed by atoms with Crippen LogP contribution in [0.15, 0.2) is 30.5 Å². The summed E-state index contributed by atoms with van der Waals surface area (Å²) in [7, 11) is 2.82. The summed E-state index contributed by atoms with van der Waals surface area (Å²) in [5, 5.41) is 4.43. The van der Waals surface area contributed by atoms with E-state index in [1.807, 2.05) is 72.0 Å². The van der Waals surface area contributed by atoms with E-state index in [-0.39, 0.29) is 18.5 Å². The van der Waals surface area contributed by atoms with Crippen LogP contribution in [-0.2, 0) is 19.1 Å². The Morgan fingerprint density at radius 1 is 0.971 bits per heavy atom. The lowest BCUT2D eigenvalue weighted by Gasteiger charge is -2.20. The van der Waals surface area contributed by atoms with Gasteiger partial charge in [0.15, 0.2) is 0 Å². The number of alkyl carbamates (subject to hydrolysis) is 1. The number of amides is 2. The maximum Gasteiger partial charge on any atom is 0.418 e. The number of hydroxylamine groups is 2. The van der Waals surface area contributed by atoms with E-state index in [4.69, 9.17) is 9.47 Å². The number of aryl methyl sites for hydroxylation is 1. The Morgan fingerprint density at radius 3 is 2.00 bits per heavy atom. The van der Waals surface area contributed by atoms with Gasteiger partial charge in [-0.25, -0.2) is 14.7 Å². The molecule has 0 saturated heterocycles. The maximum atomic E-state index is 12.0. The molecule has 9 nitrogen and oxygen atoms in total. The van der Waals surface area contributed by atoms with E-state index < -0.39 is 17.3 Å². The summed E-state index contributed by atoms with van der Waals surface area (Å²) in [5.74, 6) is -0.358. The van der Waals surface area contributed by atoms with Gasteiger partial charge in [-0.2, -0.15) is 0 Å². The Bertz CT molecular complexity index is 938. The maximum absolute atomic E-state index is 12.0. The Kier molecular flexibility index (Phi) is 12.4. The van der Waals surface area contributed by atoms with Gasteiger partial charge < -0.3 is 14.8 Å². The average molecular weight is 480 g/mol. The molecule has 0 atom stereocenters. The van der Waals surface area contributed by atoms with E-state index in [0.29, 0.717) is 0 Å². The van der Waals surface area contributed by atoms with Crippen molar-refractivity contribution in [3.8, 4) is 0 Å². The summed E-state index contributed by atoms with van der Waals surface area (Å²) in [4.78, 5) is 39.0. The number of nitrogens with zero attached hydrogens (tertiary/aromatic N) is 2. The lowest BCUT2D eigenvalue weighted by molar-refractivity contribution is -0.167. The third-order valence-corrected chi connectivity index (χ3v) is 3.91. The molecule has 0 aliphatic rings. The molecule has 2 amide bonds. The lowest BCUT2D eigenvalue weighted by atomic mass is 10.2. The van der Waals surface area contributed by atoms with Crippen LogP contribution in [0.3, 0.4) is 0 Å². The fraction of sp³-hybridized carbons (Fsp3) is 0.560. The zero-order valence-corrected chi connectivity index (χ0v) is 22.4. The van der Waals surface area contributed by atoms with Gasteiger partial charge in [-0.3, -0.25) is 14.2 Å². The number of ether oxygens (including phenoxy) is 2. The highest BCUT2D eigenvalue weighted by Crippen LogP contribution is 2.21. The number of fused-ring (bicyclic) bond motifs is 1. The van der Waals surface area contributed by atoms with E-state index in [2.05, 4.69) is 10.2 Å². The Hall–Kier alpha value is -3.07. The van der Waals surface area contributed by atoms with Crippen LogP contribution in [0.25, 0.3) is 10.9 Å². The van der Waals surface area contributed by atoms with Crippen molar-refractivity contribution in [2.75, 3.05) is 20.7 Å². The van der Waals surface area contributed by atoms with Gasteiger partial charge in [0.2, 0.25) is 0 Å². The smallest absolute Gasteiger partial charge is 0.418 e. The minimum atomic E-state index is -0.625. The summed E-state index contributed by atoms with van der Waals surface area (Å²) >= 11 is 0. The van der Waals surface area contributed by atoms with Crippen LogP contribution in [0, 0.1) is 6.92 Å². The molecule has 2 rings (SSSR count). The molecule has 1 aromatic carbocycles. The molecule has 0 radical (unpaired) electrons. The van der Waals surface area contributed by atoms with Crippen LogP contribution < -0.4 is 5.32 Å². The van der Waals surface area contributed by atoms with Crippen LogP contribution in [0.2, 0.25) is 0 Å². The summed E-state index contributed by atoms with van der Waals surface area (Å²) in [6.45, 7) is 16.7. The number of para-hydroxylation sites is 1. The zero-order chi connectivity index (χ0) is 26.7. The molecule has 1 N–H and O–H groups in total. The quantitative estimate of drug-likeness (QED) is 0.601. The second-order valence-electron chi connectivity index (χ2n) is 9.11. The van der Waals surface area contributed by atoms with Crippen molar-refractivity contribution in [3.05, 3.63) is 36.0 Å². The molecule has 0 aliphatic carbocycles. The van der Waals surface area contributed by atoms with Gasteiger partial charge >= 0.3 is 12.2 Å². The Labute approximate surface area is 203 Å². The number of aromatic nitrogens is 1. The van der Waals surface area contributed by atoms with E-state index in [0.717, 1.165) is 21.5 Å². The zero-order valence-electron chi connectivity index (χ0n) is 22.4. The number of carbonyl (C=O) groups excluding carboxylic acids is 3. The highest BCUT2D eigenvalue weighted by atomic mass is 16.7. The molecule has 0 fully saturated rings. The summed E-state index contributed by atoms with van der Waals surface area (Å²) in [6.07, 6.45) is 0.862. The topological polar surface area (TPSA) is 99.1 Å². The molecule has 2 aromatic rings. The number of nitrogens with one attached hydrogen (secondary N) is 1. The first kappa shape index (κ1) is 30.9. The molecule has 192 valence electrons. The first-order valence-electron chi connectivity index (χ1n) is 11.2. The van der Waals surface area contributed by atoms with Crippen molar-refractivity contribution in [1.29, 1.82) is 0 Å². The number of hydrogen-bond donors (Lipinski definition) is 1. The van der Waals surface area contributed by atoms with Crippen molar-refractivity contribution in [3.63, 3.8) is 0 Å². The molecular formula is C25H41N3O6. The van der Waals surface area contributed by atoms with Gasteiger partial charge in [0.1, 0.15) is 17.7 Å². The van der Waals surface area contributed by atoms with Crippen LogP contribution in [0.4, 0.5) is 9.59 Å². The normalized spacial score (nSPS) is 10.8. The summed E-state index contributed by atoms with van der Waals surface area (Å²) < 4.78 is 11.9. The van der Waals surface area contributed by atoms with Crippen molar-refractivity contribution in [2.24, 2.45) is 0 Å². The molecule has 1 heterocycles. The first-order valence-corrected chi connectivity index (χ1v) is 11.2. The SMILES string of the molecule is CC.CON(C)C(=O)CNC(=O)OC(C)(C)C.Cc1cn(C(=O)OC(C)(C)C)c2ccccc12. The van der Waals surface area contributed by atoms with E-state index in [1.54, 1.807) is 25.3 Å². The van der Waals surface area contributed by atoms with E-state index >= 15 is 0 Å². The second-order valence-corrected chi connectivity index (χ2v) is 9.11. The third-order valence-electron chi connectivity index (χ3n) is 3.91. The Balaban J connectivity index is 0.000000603. The standard InChI is InChI=1S/C14H17NO2.C9H18N2O4.C2H6/c1-10-9-15(13(16)17-14(2,3)4)12-8-6-5-7-11(10)12;1-9(2,3)15-8(13)10-6-7(12)11(4)14-5;1-2/h5-9H,1-4H3;6H2,1-5H3,(H,10,13);1-2H3. The molecule has 1 aromatic heterocycles. The minimum Gasteiger partial charge on any atom is -0.444 e. The van der Waals surface area contributed by atoms with Crippen LogP contribution in [0.1, 0.15) is 61.0 Å². The molecule has 0 spiro atoms. The van der Waals surface area contributed by atoms with Gasteiger partial charge in [-0.1, -0.05) is 32.0 Å². The molecule has 9 heteroatoms. The van der Waals surface area contributed by atoms with Gasteiger partial charge in [-0.05, 0) is 60.1 Å². The number of rotatable bonds is 3. The number of likely N-dealkylation sites (N-methyl/N-ethyl adjacent to an activating group) is 1. The van der Waals surface area contributed by atoms with Gasteiger partial charge in [0.25, 0.3) is 5.91 Å².